The van der Waals surface area contributed by atoms with Crippen LogP contribution < -0.4 is 9.62 Å². The number of carbonyl (C=O) groups is 1. The highest BCUT2D eigenvalue weighted by molar-refractivity contribution is 7.99. The van der Waals surface area contributed by atoms with Gasteiger partial charge in [-0.25, -0.2) is 18.4 Å². The van der Waals surface area contributed by atoms with Crippen LogP contribution in [-0.2, 0) is 27.8 Å². The van der Waals surface area contributed by atoms with Crippen LogP contribution in [0.25, 0.3) is 11.3 Å². The standard InChI is InChI=1S/C27H23ClN4O3S2/c1-2-18-9-13-21(14-10-18)30-25(33)17-36-27-29-15-24-26(31-27)22-5-3-4-6-23(22)32(37(24,34)35)16-19-7-11-20(28)12-8-19/h3-15H,2,16-17H2,1H3,(H,30,33). The molecular formula is C27H23ClN4O3S2. The van der Waals surface area contributed by atoms with Gasteiger partial charge in [-0.1, -0.05) is 72.8 Å². The van der Waals surface area contributed by atoms with Gasteiger partial charge >= 0.3 is 0 Å². The Kier molecular flexibility index (Phi) is 7.19. The molecule has 1 aromatic heterocycles. The molecule has 0 bridgehead atoms. The highest BCUT2D eigenvalue weighted by Gasteiger charge is 2.36. The number of fused-ring (bicyclic) bond motifs is 3. The van der Waals surface area contributed by atoms with Crippen LogP contribution in [0.1, 0.15) is 18.1 Å². The SMILES string of the molecule is CCc1ccc(NC(=O)CSc2ncc3c(n2)-c2ccccc2N(Cc2ccc(Cl)cc2)S3(=O)=O)cc1. The maximum atomic E-state index is 13.6. The predicted octanol–water partition coefficient (Wildman–Crippen LogP) is 5.80. The van der Waals surface area contributed by atoms with Crippen molar-refractivity contribution in [2.75, 3.05) is 15.4 Å². The van der Waals surface area contributed by atoms with Crippen molar-refractivity contribution in [3.63, 3.8) is 0 Å². The molecule has 1 N–H and O–H groups in total. The van der Waals surface area contributed by atoms with Crippen LogP contribution in [0.3, 0.4) is 0 Å². The second kappa shape index (κ2) is 10.5. The van der Waals surface area contributed by atoms with E-state index >= 15 is 0 Å². The summed E-state index contributed by atoms with van der Waals surface area (Å²) in [5.74, 6) is -0.108. The van der Waals surface area contributed by atoms with E-state index in [2.05, 4.69) is 22.2 Å². The van der Waals surface area contributed by atoms with E-state index in [9.17, 15) is 13.2 Å². The van der Waals surface area contributed by atoms with E-state index in [1.165, 1.54) is 16.1 Å². The summed E-state index contributed by atoms with van der Waals surface area (Å²) in [7, 11) is -3.91. The predicted molar refractivity (Wildman–Crippen MR) is 147 cm³/mol. The minimum absolute atomic E-state index is 0.0324. The van der Waals surface area contributed by atoms with Crippen LogP contribution in [0.5, 0.6) is 0 Å². The van der Waals surface area contributed by atoms with Gasteiger partial charge < -0.3 is 5.32 Å². The summed E-state index contributed by atoms with van der Waals surface area (Å²) in [6, 6.07) is 22.0. The van der Waals surface area contributed by atoms with Gasteiger partial charge in [0, 0.05) is 16.3 Å². The van der Waals surface area contributed by atoms with Crippen molar-refractivity contribution in [1.29, 1.82) is 0 Å². The van der Waals surface area contributed by atoms with Crippen molar-refractivity contribution in [1.82, 2.24) is 9.97 Å². The lowest BCUT2D eigenvalue weighted by molar-refractivity contribution is -0.113. The number of nitrogens with one attached hydrogen (secondary N) is 1. The van der Waals surface area contributed by atoms with Gasteiger partial charge in [0.25, 0.3) is 10.0 Å². The highest BCUT2D eigenvalue weighted by atomic mass is 35.5. The third kappa shape index (κ3) is 5.34. The quantitative estimate of drug-likeness (QED) is 0.231. The first-order chi connectivity index (χ1) is 17.8. The molecule has 0 atom stereocenters. The van der Waals surface area contributed by atoms with Crippen LogP contribution in [0.15, 0.2) is 89.0 Å². The number of halogens is 1. The Labute approximate surface area is 225 Å². The van der Waals surface area contributed by atoms with Crippen molar-refractivity contribution < 1.29 is 13.2 Å². The Hall–Kier alpha value is -3.40. The van der Waals surface area contributed by atoms with Gasteiger partial charge in [-0.3, -0.25) is 9.10 Å². The normalized spacial score (nSPS) is 13.5. The molecule has 0 saturated carbocycles. The first-order valence-electron chi connectivity index (χ1n) is 11.6. The number of carbonyl (C=O) groups excluding carboxylic acids is 1. The number of anilines is 2. The molecular weight excluding hydrogens is 528 g/mol. The molecule has 0 aliphatic carbocycles. The second-order valence-electron chi connectivity index (χ2n) is 8.41. The second-order valence-corrected chi connectivity index (χ2v) is 11.6. The first-order valence-corrected chi connectivity index (χ1v) is 14.4. The number of aryl methyl sites for hydroxylation is 1. The van der Waals surface area contributed by atoms with Crippen molar-refractivity contribution in [3.8, 4) is 11.3 Å². The smallest absolute Gasteiger partial charge is 0.268 e. The average Bonchev–Trinajstić information content (AvgIpc) is 2.91. The molecule has 1 aliphatic rings. The molecule has 0 spiro atoms. The molecule has 4 aromatic rings. The highest BCUT2D eigenvalue weighted by Crippen LogP contribution is 2.42. The number of para-hydroxylation sites is 1. The van der Waals surface area contributed by atoms with Crippen LogP contribution in [0, 0.1) is 0 Å². The Bertz CT molecular complexity index is 1560. The summed E-state index contributed by atoms with van der Waals surface area (Å²) in [6.07, 6.45) is 2.25. The Morgan fingerprint density at radius 1 is 1.00 bits per heavy atom. The zero-order chi connectivity index (χ0) is 26.0. The van der Waals surface area contributed by atoms with Crippen molar-refractivity contribution in [2.24, 2.45) is 0 Å². The third-order valence-electron chi connectivity index (χ3n) is 5.95. The number of nitrogens with zero attached hydrogens (tertiary/aromatic N) is 3. The number of hydrogen-bond donors (Lipinski definition) is 1. The summed E-state index contributed by atoms with van der Waals surface area (Å²) in [4.78, 5) is 21.3. The zero-order valence-electron chi connectivity index (χ0n) is 19.9. The number of rotatable bonds is 7. The van der Waals surface area contributed by atoms with Gasteiger partial charge in [-0.15, -0.1) is 0 Å². The topological polar surface area (TPSA) is 92.3 Å². The van der Waals surface area contributed by atoms with Crippen molar-refractivity contribution in [3.05, 3.63) is 95.1 Å². The monoisotopic (exact) mass is 550 g/mol. The summed E-state index contributed by atoms with van der Waals surface area (Å²) >= 11 is 7.15. The maximum Gasteiger partial charge on any atom is 0.268 e. The van der Waals surface area contributed by atoms with Crippen molar-refractivity contribution >= 4 is 50.7 Å². The third-order valence-corrected chi connectivity index (χ3v) is 8.82. The molecule has 7 nitrogen and oxygen atoms in total. The number of benzene rings is 3. The first kappa shape index (κ1) is 25.3. The van der Waals surface area contributed by atoms with E-state index in [-0.39, 0.29) is 23.1 Å². The van der Waals surface area contributed by atoms with E-state index in [4.69, 9.17) is 11.6 Å². The molecule has 0 radical (unpaired) electrons. The fourth-order valence-electron chi connectivity index (χ4n) is 4.02. The lowest BCUT2D eigenvalue weighted by Crippen LogP contribution is -2.34. The number of sulfonamides is 1. The summed E-state index contributed by atoms with van der Waals surface area (Å²) in [5.41, 5.74) is 4.26. The molecule has 3 aromatic carbocycles. The molecule has 0 fully saturated rings. The number of hydrogen-bond acceptors (Lipinski definition) is 6. The van der Waals surface area contributed by atoms with Crippen LogP contribution in [-0.4, -0.2) is 30.0 Å². The molecule has 2 heterocycles. The molecule has 0 saturated heterocycles. The largest absolute Gasteiger partial charge is 0.325 e. The fraction of sp³-hybridized carbons (Fsp3) is 0.148. The van der Waals surface area contributed by atoms with Gasteiger partial charge in [0.15, 0.2) is 5.16 Å². The van der Waals surface area contributed by atoms with Gasteiger partial charge in [-0.05, 0) is 47.9 Å². The summed E-state index contributed by atoms with van der Waals surface area (Å²) < 4.78 is 28.6. The van der Waals surface area contributed by atoms with E-state index in [0.29, 0.717) is 27.1 Å². The average molecular weight is 551 g/mol. The van der Waals surface area contributed by atoms with Gasteiger partial charge in [0.05, 0.1) is 29.9 Å². The molecule has 1 aliphatic heterocycles. The van der Waals surface area contributed by atoms with Gasteiger partial charge in [0.2, 0.25) is 5.91 Å². The molecule has 1 amide bonds. The number of thioether (sulfide) groups is 1. The van der Waals surface area contributed by atoms with E-state index in [1.807, 2.05) is 36.4 Å². The summed E-state index contributed by atoms with van der Waals surface area (Å²) in [5, 5.41) is 3.77. The Balaban J connectivity index is 1.38. The van der Waals surface area contributed by atoms with E-state index < -0.39 is 10.0 Å². The number of amides is 1. The van der Waals surface area contributed by atoms with Crippen LogP contribution in [0.4, 0.5) is 11.4 Å². The zero-order valence-corrected chi connectivity index (χ0v) is 22.3. The molecule has 0 unspecified atom stereocenters. The lowest BCUT2D eigenvalue weighted by atomic mass is 10.1. The molecule has 37 heavy (non-hydrogen) atoms. The van der Waals surface area contributed by atoms with E-state index in [0.717, 1.165) is 29.4 Å². The van der Waals surface area contributed by atoms with E-state index in [1.54, 1.807) is 36.4 Å². The van der Waals surface area contributed by atoms with Gasteiger partial charge in [-0.2, -0.15) is 0 Å². The lowest BCUT2D eigenvalue weighted by Gasteiger charge is -2.31. The van der Waals surface area contributed by atoms with Gasteiger partial charge in [0.1, 0.15) is 4.90 Å². The molecule has 5 rings (SSSR count). The minimum atomic E-state index is -3.91. The fourth-order valence-corrected chi connectivity index (χ4v) is 6.32. The Morgan fingerprint density at radius 3 is 2.43 bits per heavy atom. The van der Waals surface area contributed by atoms with Crippen LogP contribution in [0.2, 0.25) is 5.02 Å². The number of aromatic nitrogens is 2. The Morgan fingerprint density at radius 2 is 1.70 bits per heavy atom. The molecule has 10 heteroatoms. The summed E-state index contributed by atoms with van der Waals surface area (Å²) in [6.45, 7) is 2.22. The minimum Gasteiger partial charge on any atom is -0.325 e. The van der Waals surface area contributed by atoms with Crippen LogP contribution >= 0.6 is 23.4 Å². The van der Waals surface area contributed by atoms with Crippen molar-refractivity contribution in [2.45, 2.75) is 29.9 Å². The maximum absolute atomic E-state index is 13.6. The molecule has 188 valence electrons.